The minimum atomic E-state index is 0.399. The third-order valence-electron chi connectivity index (χ3n) is 4.55. The summed E-state index contributed by atoms with van der Waals surface area (Å²) in [6, 6.07) is 3.94. The summed E-state index contributed by atoms with van der Waals surface area (Å²) in [6.07, 6.45) is 0. The van der Waals surface area contributed by atoms with E-state index in [4.69, 9.17) is 14.2 Å². The minimum absolute atomic E-state index is 0.399. The number of phenolic OH excluding ortho intramolecular Hbond substituents is 1. The summed E-state index contributed by atoms with van der Waals surface area (Å²) in [5.74, 6) is 1.23. The molecule has 2 heterocycles. The van der Waals surface area contributed by atoms with Crippen LogP contribution < -0.4 is 4.74 Å². The van der Waals surface area contributed by atoms with Crippen molar-refractivity contribution >= 4 is 0 Å². The summed E-state index contributed by atoms with van der Waals surface area (Å²) in [7, 11) is 0. The molecule has 2 aliphatic heterocycles. The molecule has 1 aromatic rings. The van der Waals surface area contributed by atoms with Gasteiger partial charge in [0.15, 0.2) is 0 Å². The first-order valence-electron chi connectivity index (χ1n) is 8.84. The Morgan fingerprint density at radius 2 is 1.38 bits per heavy atom. The maximum absolute atomic E-state index is 10.8. The van der Waals surface area contributed by atoms with Crippen LogP contribution in [0, 0.1) is 0 Å². The fraction of sp³-hybridized carbons (Fsp3) is 0.667. The van der Waals surface area contributed by atoms with Crippen LogP contribution in [-0.4, -0.2) is 74.1 Å². The van der Waals surface area contributed by atoms with Crippen LogP contribution in [0.4, 0.5) is 0 Å². The number of hydrogen-bond acceptors (Lipinski definition) is 6. The molecule has 0 saturated carbocycles. The molecule has 0 aliphatic carbocycles. The van der Waals surface area contributed by atoms with Crippen LogP contribution in [0.3, 0.4) is 0 Å². The van der Waals surface area contributed by atoms with E-state index in [0.29, 0.717) is 12.4 Å². The summed E-state index contributed by atoms with van der Waals surface area (Å²) in [4.78, 5) is 4.62. The molecule has 6 heteroatoms. The smallest absolute Gasteiger partial charge is 0.124 e. The monoisotopic (exact) mass is 336 g/mol. The van der Waals surface area contributed by atoms with Crippen LogP contribution in [0.2, 0.25) is 0 Å². The van der Waals surface area contributed by atoms with Gasteiger partial charge in [-0.15, -0.1) is 0 Å². The van der Waals surface area contributed by atoms with Gasteiger partial charge in [0.2, 0.25) is 0 Å². The molecule has 0 amide bonds. The van der Waals surface area contributed by atoms with Crippen molar-refractivity contribution in [3.8, 4) is 11.5 Å². The average molecular weight is 336 g/mol. The first kappa shape index (κ1) is 17.5. The highest BCUT2D eigenvalue weighted by Crippen LogP contribution is 2.31. The molecule has 1 aromatic carbocycles. The zero-order valence-electron chi connectivity index (χ0n) is 14.5. The molecule has 0 bridgehead atoms. The minimum Gasteiger partial charge on any atom is -0.507 e. The van der Waals surface area contributed by atoms with Crippen LogP contribution in [0.15, 0.2) is 12.1 Å². The Hall–Kier alpha value is -1.34. The van der Waals surface area contributed by atoms with Gasteiger partial charge in [-0.2, -0.15) is 0 Å². The van der Waals surface area contributed by atoms with Gasteiger partial charge in [0, 0.05) is 50.4 Å². The lowest BCUT2D eigenvalue weighted by Crippen LogP contribution is -2.36. The van der Waals surface area contributed by atoms with Crippen LogP contribution >= 0.6 is 0 Å². The topological polar surface area (TPSA) is 54.4 Å². The van der Waals surface area contributed by atoms with Crippen molar-refractivity contribution in [2.75, 3.05) is 59.2 Å². The summed E-state index contributed by atoms with van der Waals surface area (Å²) < 4.78 is 16.5. The van der Waals surface area contributed by atoms with E-state index in [2.05, 4.69) is 9.80 Å². The third-order valence-corrected chi connectivity index (χ3v) is 4.55. The average Bonchev–Trinajstić information content (AvgIpc) is 2.61. The number of benzene rings is 1. The van der Waals surface area contributed by atoms with Gasteiger partial charge in [-0.25, -0.2) is 0 Å². The largest absolute Gasteiger partial charge is 0.507 e. The van der Waals surface area contributed by atoms with Crippen molar-refractivity contribution in [2.24, 2.45) is 0 Å². The fourth-order valence-corrected chi connectivity index (χ4v) is 3.22. The lowest BCUT2D eigenvalue weighted by Gasteiger charge is -2.29. The molecule has 0 spiro atoms. The Kier molecular flexibility index (Phi) is 6.31. The number of phenols is 1. The van der Waals surface area contributed by atoms with Gasteiger partial charge in [0.05, 0.1) is 33.0 Å². The van der Waals surface area contributed by atoms with Crippen molar-refractivity contribution in [3.63, 3.8) is 0 Å². The van der Waals surface area contributed by atoms with Gasteiger partial charge in [-0.1, -0.05) is 0 Å². The Morgan fingerprint density at radius 3 is 1.79 bits per heavy atom. The van der Waals surface area contributed by atoms with Crippen LogP contribution in [0.5, 0.6) is 11.5 Å². The molecule has 0 atom stereocenters. The van der Waals surface area contributed by atoms with Crippen molar-refractivity contribution in [3.05, 3.63) is 23.3 Å². The predicted molar refractivity (Wildman–Crippen MR) is 91.5 cm³/mol. The van der Waals surface area contributed by atoms with E-state index in [-0.39, 0.29) is 0 Å². The molecule has 134 valence electrons. The van der Waals surface area contributed by atoms with E-state index >= 15 is 0 Å². The maximum Gasteiger partial charge on any atom is 0.124 e. The Labute approximate surface area is 143 Å². The Morgan fingerprint density at radius 1 is 0.917 bits per heavy atom. The zero-order valence-corrected chi connectivity index (χ0v) is 14.5. The zero-order chi connectivity index (χ0) is 16.8. The Bertz CT molecular complexity index is 485. The summed E-state index contributed by atoms with van der Waals surface area (Å²) in [5, 5.41) is 10.8. The highest BCUT2D eigenvalue weighted by molar-refractivity contribution is 5.46. The van der Waals surface area contributed by atoms with E-state index < -0.39 is 0 Å². The lowest BCUT2D eigenvalue weighted by atomic mass is 10.1. The quantitative estimate of drug-likeness (QED) is 0.849. The van der Waals surface area contributed by atoms with Crippen molar-refractivity contribution in [1.29, 1.82) is 0 Å². The molecule has 24 heavy (non-hydrogen) atoms. The molecule has 0 radical (unpaired) electrons. The highest BCUT2D eigenvalue weighted by Gasteiger charge is 2.19. The van der Waals surface area contributed by atoms with E-state index in [0.717, 1.165) is 82.6 Å². The summed E-state index contributed by atoms with van der Waals surface area (Å²) >= 11 is 0. The first-order chi connectivity index (χ1) is 11.8. The number of nitrogens with zero attached hydrogens (tertiary/aromatic N) is 2. The van der Waals surface area contributed by atoms with Gasteiger partial charge in [-0.05, 0) is 19.1 Å². The fourth-order valence-electron chi connectivity index (χ4n) is 3.22. The van der Waals surface area contributed by atoms with Gasteiger partial charge in [-0.3, -0.25) is 9.80 Å². The number of hydrogen-bond donors (Lipinski definition) is 1. The SMILES string of the molecule is CCOc1cc(CN2CCOCC2)c(O)c(CN2CCOCC2)c1. The van der Waals surface area contributed by atoms with Gasteiger partial charge in [0.1, 0.15) is 11.5 Å². The number of morpholine rings is 2. The van der Waals surface area contributed by atoms with Crippen LogP contribution in [0.1, 0.15) is 18.1 Å². The van der Waals surface area contributed by atoms with Crippen molar-refractivity contribution in [1.82, 2.24) is 9.80 Å². The van der Waals surface area contributed by atoms with Crippen molar-refractivity contribution in [2.45, 2.75) is 20.0 Å². The maximum atomic E-state index is 10.8. The van der Waals surface area contributed by atoms with Crippen molar-refractivity contribution < 1.29 is 19.3 Å². The second kappa shape index (κ2) is 8.67. The van der Waals surface area contributed by atoms with Gasteiger partial charge >= 0.3 is 0 Å². The van der Waals surface area contributed by atoms with E-state index in [1.54, 1.807) is 0 Å². The summed E-state index contributed by atoms with van der Waals surface area (Å²) in [5.41, 5.74) is 1.87. The van der Waals surface area contributed by atoms with Crippen LogP contribution in [-0.2, 0) is 22.6 Å². The second-order valence-electron chi connectivity index (χ2n) is 6.30. The molecule has 2 fully saturated rings. The molecular formula is C18H28N2O4. The van der Waals surface area contributed by atoms with E-state index in [1.807, 2.05) is 19.1 Å². The normalized spacial score (nSPS) is 20.2. The molecule has 6 nitrogen and oxygen atoms in total. The molecular weight excluding hydrogens is 308 g/mol. The molecule has 3 rings (SSSR count). The lowest BCUT2D eigenvalue weighted by molar-refractivity contribution is 0.0327. The van der Waals surface area contributed by atoms with Crippen LogP contribution in [0.25, 0.3) is 0 Å². The molecule has 0 unspecified atom stereocenters. The first-order valence-corrected chi connectivity index (χ1v) is 8.84. The summed E-state index contributed by atoms with van der Waals surface area (Å²) in [6.45, 7) is 10.7. The standard InChI is InChI=1S/C18H28N2O4/c1-2-24-17-11-15(13-19-3-7-22-8-4-19)18(21)16(12-17)14-20-5-9-23-10-6-20/h11-12,21H,2-10,13-14H2,1H3. The van der Waals surface area contributed by atoms with Gasteiger partial charge in [0.25, 0.3) is 0 Å². The number of rotatable bonds is 6. The second-order valence-corrected chi connectivity index (χ2v) is 6.30. The highest BCUT2D eigenvalue weighted by atomic mass is 16.5. The predicted octanol–water partition coefficient (Wildman–Crippen LogP) is 1.46. The molecule has 2 saturated heterocycles. The van der Waals surface area contributed by atoms with E-state index in [9.17, 15) is 5.11 Å². The number of ether oxygens (including phenoxy) is 3. The molecule has 2 aliphatic rings. The van der Waals surface area contributed by atoms with E-state index in [1.165, 1.54) is 0 Å². The third kappa shape index (κ3) is 4.60. The molecule has 1 N–H and O–H groups in total. The number of aromatic hydroxyl groups is 1. The molecule has 0 aromatic heterocycles. The Balaban J connectivity index is 1.77. The van der Waals surface area contributed by atoms with Gasteiger partial charge < -0.3 is 19.3 Å².